The second kappa shape index (κ2) is 4.36. The molecule has 0 unspecified atom stereocenters. The van der Waals surface area contributed by atoms with Crippen LogP contribution in [0.2, 0.25) is 0 Å². The summed E-state index contributed by atoms with van der Waals surface area (Å²) >= 11 is 0. The van der Waals surface area contributed by atoms with Crippen molar-refractivity contribution in [3.63, 3.8) is 0 Å². The van der Waals surface area contributed by atoms with Crippen LogP contribution in [0.4, 0.5) is 20.4 Å². The Morgan fingerprint density at radius 1 is 1.47 bits per heavy atom. The predicted molar refractivity (Wildman–Crippen MR) is 61.3 cm³/mol. The molecule has 0 amide bonds. The number of nitrogens with zero attached hydrogens (tertiary/aromatic N) is 1. The van der Waals surface area contributed by atoms with Gasteiger partial charge in [-0.25, -0.2) is 13.8 Å². The molecule has 2 rings (SSSR count). The van der Waals surface area contributed by atoms with E-state index >= 15 is 0 Å². The van der Waals surface area contributed by atoms with Gasteiger partial charge in [-0.15, -0.1) is 0 Å². The Morgan fingerprint density at radius 3 is 2.94 bits per heavy atom. The quantitative estimate of drug-likeness (QED) is 0.703. The molecule has 0 radical (unpaired) electrons. The van der Waals surface area contributed by atoms with Crippen LogP contribution in [0.1, 0.15) is 0 Å². The lowest BCUT2D eigenvalue weighted by Gasteiger charge is -2.05. The smallest absolute Gasteiger partial charge is 0.260 e. The molecule has 90 valence electrons. The highest BCUT2D eigenvalue weighted by Gasteiger charge is 2.06. The molecule has 2 aromatic rings. The van der Waals surface area contributed by atoms with Gasteiger partial charge >= 0.3 is 0 Å². The fraction of sp³-hybridized carbons (Fsp3) is 0.200. The minimum Gasteiger partial charge on any atom is -0.399 e. The number of fused-ring (bicyclic) bond motifs is 1. The molecule has 0 saturated carbocycles. The van der Waals surface area contributed by atoms with Crippen LogP contribution in [0.5, 0.6) is 0 Å². The number of aromatic nitrogens is 2. The van der Waals surface area contributed by atoms with E-state index in [0.717, 1.165) is 0 Å². The predicted octanol–water partition coefficient (Wildman–Crippen LogP) is 1.18. The van der Waals surface area contributed by atoms with Crippen molar-refractivity contribution in [1.29, 1.82) is 0 Å². The van der Waals surface area contributed by atoms with Gasteiger partial charge < -0.3 is 11.1 Å². The lowest BCUT2D eigenvalue weighted by atomic mass is 10.2. The van der Waals surface area contributed by atoms with Gasteiger partial charge in [0.1, 0.15) is 0 Å². The normalized spacial score (nSPS) is 11.0. The van der Waals surface area contributed by atoms with E-state index in [4.69, 9.17) is 5.73 Å². The van der Waals surface area contributed by atoms with Gasteiger partial charge in [0.05, 0.1) is 17.4 Å². The third-order valence-electron chi connectivity index (χ3n) is 2.15. The molecular formula is C10H10F2N4O. The van der Waals surface area contributed by atoms with Gasteiger partial charge in [-0.05, 0) is 18.2 Å². The zero-order valence-electron chi connectivity index (χ0n) is 8.71. The lowest BCUT2D eigenvalue weighted by molar-refractivity contribution is 0.163. The van der Waals surface area contributed by atoms with E-state index in [1.807, 2.05) is 0 Å². The first-order valence-electron chi connectivity index (χ1n) is 4.88. The zero-order valence-corrected chi connectivity index (χ0v) is 8.71. The molecule has 0 bridgehead atoms. The van der Waals surface area contributed by atoms with Crippen molar-refractivity contribution in [2.24, 2.45) is 0 Å². The van der Waals surface area contributed by atoms with Crippen LogP contribution in [0.15, 0.2) is 23.0 Å². The van der Waals surface area contributed by atoms with Crippen molar-refractivity contribution in [3.05, 3.63) is 28.6 Å². The van der Waals surface area contributed by atoms with Crippen molar-refractivity contribution >= 4 is 22.5 Å². The summed E-state index contributed by atoms with van der Waals surface area (Å²) in [5, 5.41) is 2.67. The molecule has 5 nitrogen and oxygen atoms in total. The van der Waals surface area contributed by atoms with Crippen LogP contribution in [-0.2, 0) is 0 Å². The molecule has 0 saturated heterocycles. The van der Waals surface area contributed by atoms with Gasteiger partial charge in [0, 0.05) is 5.69 Å². The number of alkyl halides is 2. The minimum absolute atomic E-state index is 0.0209. The van der Waals surface area contributed by atoms with Crippen LogP contribution in [0.25, 0.3) is 10.9 Å². The van der Waals surface area contributed by atoms with Gasteiger partial charge in [-0.3, -0.25) is 9.78 Å². The maximum absolute atomic E-state index is 12.0. The first-order valence-corrected chi connectivity index (χ1v) is 4.88. The molecule has 1 heterocycles. The maximum Gasteiger partial charge on any atom is 0.260 e. The number of H-pyrrole nitrogens is 1. The van der Waals surface area contributed by atoms with Crippen LogP contribution < -0.4 is 16.6 Å². The number of aromatic amines is 1. The summed E-state index contributed by atoms with van der Waals surface area (Å²) in [6.45, 7) is -0.566. The number of anilines is 2. The molecule has 0 atom stereocenters. The number of rotatable bonds is 3. The van der Waals surface area contributed by atoms with E-state index in [9.17, 15) is 13.6 Å². The highest BCUT2D eigenvalue weighted by atomic mass is 19.3. The molecular weight excluding hydrogens is 230 g/mol. The molecule has 1 aromatic carbocycles. The molecule has 0 spiro atoms. The number of benzene rings is 1. The summed E-state index contributed by atoms with van der Waals surface area (Å²) in [5.74, 6) is 0.0209. The van der Waals surface area contributed by atoms with E-state index in [-0.39, 0.29) is 5.95 Å². The SMILES string of the molecule is Nc1ccc2nc(NCC(F)F)[nH]c(=O)c2c1. The molecule has 4 N–H and O–H groups in total. The summed E-state index contributed by atoms with van der Waals surface area (Å²) in [5.41, 5.74) is 5.96. The van der Waals surface area contributed by atoms with Crippen molar-refractivity contribution in [2.75, 3.05) is 17.6 Å². The fourth-order valence-corrected chi connectivity index (χ4v) is 1.41. The number of halogens is 2. The van der Waals surface area contributed by atoms with Crippen molar-refractivity contribution in [3.8, 4) is 0 Å². The molecule has 0 aliphatic carbocycles. The Balaban J connectivity index is 2.42. The lowest BCUT2D eigenvalue weighted by Crippen LogP contribution is -2.17. The summed E-state index contributed by atoms with van der Waals surface area (Å²) in [6, 6.07) is 4.64. The number of hydrogen-bond donors (Lipinski definition) is 3. The summed E-state index contributed by atoms with van der Waals surface area (Å²) < 4.78 is 24.0. The highest BCUT2D eigenvalue weighted by molar-refractivity contribution is 5.81. The Kier molecular flexibility index (Phi) is 2.90. The molecule has 17 heavy (non-hydrogen) atoms. The third kappa shape index (κ3) is 2.49. The first kappa shape index (κ1) is 11.3. The van der Waals surface area contributed by atoms with E-state index in [0.29, 0.717) is 16.6 Å². The van der Waals surface area contributed by atoms with Gasteiger partial charge in [-0.2, -0.15) is 0 Å². The number of nitrogens with two attached hydrogens (primary N) is 1. The Labute approximate surface area is 94.7 Å². The average molecular weight is 240 g/mol. The van der Waals surface area contributed by atoms with Crippen LogP contribution in [-0.4, -0.2) is 22.9 Å². The second-order valence-corrected chi connectivity index (χ2v) is 3.46. The third-order valence-corrected chi connectivity index (χ3v) is 2.15. The van der Waals surface area contributed by atoms with Gasteiger partial charge in [-0.1, -0.05) is 0 Å². The maximum atomic E-state index is 12.0. The van der Waals surface area contributed by atoms with Crippen molar-refractivity contribution in [1.82, 2.24) is 9.97 Å². The standard InChI is InChI=1S/C10H10F2N4O/c11-8(12)4-14-10-15-7-2-1-5(13)3-6(7)9(17)16-10/h1-3,8H,4,13H2,(H2,14,15,16,17). The van der Waals surface area contributed by atoms with Crippen LogP contribution >= 0.6 is 0 Å². The summed E-state index contributed by atoms with van der Waals surface area (Å²) in [7, 11) is 0. The van der Waals surface area contributed by atoms with E-state index < -0.39 is 18.5 Å². The second-order valence-electron chi connectivity index (χ2n) is 3.46. The van der Waals surface area contributed by atoms with Gasteiger partial charge in [0.2, 0.25) is 5.95 Å². The largest absolute Gasteiger partial charge is 0.399 e. The number of nitrogens with one attached hydrogen (secondary N) is 2. The van der Waals surface area contributed by atoms with Crippen LogP contribution in [0, 0.1) is 0 Å². The molecule has 0 fully saturated rings. The monoisotopic (exact) mass is 240 g/mol. The summed E-state index contributed by atoms with van der Waals surface area (Å²) in [4.78, 5) is 18.0. The minimum atomic E-state index is -2.51. The summed E-state index contributed by atoms with van der Waals surface area (Å²) in [6.07, 6.45) is -2.51. The average Bonchev–Trinajstić information content (AvgIpc) is 2.27. The number of hydrogen-bond acceptors (Lipinski definition) is 4. The Hall–Kier alpha value is -2.18. The Morgan fingerprint density at radius 2 is 2.24 bits per heavy atom. The molecule has 1 aromatic heterocycles. The highest BCUT2D eigenvalue weighted by Crippen LogP contribution is 2.12. The zero-order chi connectivity index (χ0) is 12.4. The topological polar surface area (TPSA) is 83.8 Å². The molecule has 0 aliphatic heterocycles. The van der Waals surface area contributed by atoms with Gasteiger partial charge in [0.15, 0.2) is 0 Å². The first-order chi connectivity index (χ1) is 8.06. The molecule has 0 aliphatic rings. The van der Waals surface area contributed by atoms with E-state index in [1.165, 1.54) is 6.07 Å². The van der Waals surface area contributed by atoms with E-state index in [2.05, 4.69) is 15.3 Å². The number of nitrogen functional groups attached to an aromatic ring is 1. The van der Waals surface area contributed by atoms with Crippen LogP contribution in [0.3, 0.4) is 0 Å². The fourth-order valence-electron chi connectivity index (χ4n) is 1.41. The van der Waals surface area contributed by atoms with Crippen molar-refractivity contribution in [2.45, 2.75) is 6.43 Å². The molecule has 7 heteroatoms. The van der Waals surface area contributed by atoms with E-state index in [1.54, 1.807) is 12.1 Å². The van der Waals surface area contributed by atoms with Gasteiger partial charge in [0.25, 0.3) is 12.0 Å². The Bertz CT molecular complexity index is 596. The van der Waals surface area contributed by atoms with Crippen molar-refractivity contribution < 1.29 is 8.78 Å².